The zero-order valence-corrected chi connectivity index (χ0v) is 6.17. The average Bonchev–Trinajstić information content (AvgIpc) is 2.01. The van der Waals surface area contributed by atoms with Crippen LogP contribution in [0, 0.1) is 0 Å². The highest BCUT2D eigenvalue weighted by Gasteiger charge is 1.86. The maximum Gasteiger partial charge on any atom is 0.357 e. The van der Waals surface area contributed by atoms with Crippen LogP contribution in [0.15, 0.2) is 10.2 Å². The molecule has 0 unspecified atom stereocenters. The van der Waals surface area contributed by atoms with Crippen molar-refractivity contribution in [1.82, 2.24) is 0 Å². The lowest BCUT2D eigenvalue weighted by Gasteiger charge is -1.74. The van der Waals surface area contributed by atoms with Crippen LogP contribution in [-0.2, 0) is 0 Å². The molecule has 8 nitrogen and oxygen atoms in total. The molecule has 0 bridgehead atoms. The maximum absolute atomic E-state index is 9.66. The van der Waals surface area contributed by atoms with Gasteiger partial charge in [-0.2, -0.15) is 0 Å². The van der Waals surface area contributed by atoms with Crippen LogP contribution in [0.2, 0.25) is 0 Å². The fraction of sp³-hybridized carbons (Fsp3) is 0.500. The topological polar surface area (TPSA) is 151 Å². The summed E-state index contributed by atoms with van der Waals surface area (Å²) < 4.78 is 0. The summed E-state index contributed by atoms with van der Waals surface area (Å²) in [6.45, 7) is -0.250. The molecule has 0 fully saturated rings. The molecule has 12 heavy (non-hydrogen) atoms. The van der Waals surface area contributed by atoms with E-state index in [1.807, 2.05) is 0 Å². The monoisotopic (exact) mass is 178 g/mol. The number of aliphatic hydroxyl groups is 2. The minimum atomic E-state index is -1.04. The van der Waals surface area contributed by atoms with Gasteiger partial charge in [0.25, 0.3) is 0 Å². The standard InChI is InChI=1S/C2H4N4O2.C2H6O2/c3-1(7)5-6-2(4)8;3-1-2-4/h(H2,3,7)(H2,4,8);3-4H,1-2H2/b6-5+;. The van der Waals surface area contributed by atoms with E-state index in [1.165, 1.54) is 0 Å². The molecule has 70 valence electrons. The van der Waals surface area contributed by atoms with Gasteiger partial charge in [-0.3, -0.25) is 0 Å². The normalized spacial score (nSPS) is 8.83. The molecule has 0 saturated carbocycles. The minimum absolute atomic E-state index is 0.125. The highest BCUT2D eigenvalue weighted by Crippen LogP contribution is 1.72. The first kappa shape index (κ1) is 13.1. The Labute approximate surface area is 67.9 Å². The van der Waals surface area contributed by atoms with Crippen molar-refractivity contribution in [3.63, 3.8) is 0 Å². The Bertz CT molecular complexity index is 150. The van der Waals surface area contributed by atoms with E-state index in [1.54, 1.807) is 0 Å². The van der Waals surface area contributed by atoms with Crippen molar-refractivity contribution in [3.05, 3.63) is 0 Å². The van der Waals surface area contributed by atoms with Gasteiger partial charge in [0, 0.05) is 0 Å². The number of carbonyl (C=O) groups is 2. The molecule has 4 amide bonds. The largest absolute Gasteiger partial charge is 0.394 e. The molecule has 0 radical (unpaired) electrons. The third-order valence-electron chi connectivity index (χ3n) is 0.347. The van der Waals surface area contributed by atoms with Crippen LogP contribution in [0.5, 0.6) is 0 Å². The molecule has 8 heteroatoms. The number of aliphatic hydroxyl groups excluding tert-OH is 2. The summed E-state index contributed by atoms with van der Waals surface area (Å²) in [6, 6.07) is -2.08. The van der Waals surface area contributed by atoms with Crippen molar-refractivity contribution in [2.45, 2.75) is 0 Å². The Hall–Kier alpha value is -1.54. The predicted octanol–water partition coefficient (Wildman–Crippen LogP) is -1.43. The summed E-state index contributed by atoms with van der Waals surface area (Å²) >= 11 is 0. The predicted molar refractivity (Wildman–Crippen MR) is 38.2 cm³/mol. The van der Waals surface area contributed by atoms with Crippen molar-refractivity contribution in [1.29, 1.82) is 0 Å². The molecular weight excluding hydrogens is 168 g/mol. The molecule has 0 aromatic carbocycles. The van der Waals surface area contributed by atoms with Gasteiger partial charge in [0.2, 0.25) is 0 Å². The van der Waals surface area contributed by atoms with Gasteiger partial charge >= 0.3 is 12.1 Å². The third kappa shape index (κ3) is 23.7. The zero-order chi connectivity index (χ0) is 9.98. The average molecular weight is 178 g/mol. The summed E-state index contributed by atoms with van der Waals surface area (Å²) in [5, 5.41) is 20.5. The van der Waals surface area contributed by atoms with E-state index in [9.17, 15) is 9.59 Å². The van der Waals surface area contributed by atoms with E-state index in [2.05, 4.69) is 21.7 Å². The first-order chi connectivity index (χ1) is 5.54. The first-order valence-electron chi connectivity index (χ1n) is 2.77. The lowest BCUT2D eigenvalue weighted by atomic mass is 10.8. The van der Waals surface area contributed by atoms with Crippen LogP contribution < -0.4 is 11.5 Å². The number of nitrogens with two attached hydrogens (primary N) is 2. The van der Waals surface area contributed by atoms with Crippen LogP contribution in [0.4, 0.5) is 9.59 Å². The minimum Gasteiger partial charge on any atom is -0.394 e. The Morgan fingerprint density at radius 1 is 1.00 bits per heavy atom. The Balaban J connectivity index is 0. The van der Waals surface area contributed by atoms with E-state index in [0.717, 1.165) is 0 Å². The second-order valence-electron chi connectivity index (χ2n) is 1.32. The highest BCUT2D eigenvalue weighted by molar-refractivity contribution is 5.77. The molecule has 0 aromatic rings. The highest BCUT2D eigenvalue weighted by atomic mass is 16.3. The van der Waals surface area contributed by atoms with Crippen molar-refractivity contribution in [2.24, 2.45) is 21.7 Å². The summed E-state index contributed by atoms with van der Waals surface area (Å²) in [5.41, 5.74) is 8.87. The first-order valence-corrected chi connectivity index (χ1v) is 2.77. The Kier molecular flexibility index (Phi) is 10.3. The SMILES string of the molecule is NC(=O)/N=N/C(N)=O.OCCO. The number of amides is 4. The Morgan fingerprint density at radius 2 is 1.25 bits per heavy atom. The molecule has 0 spiro atoms. The summed E-state index contributed by atoms with van der Waals surface area (Å²) in [6.07, 6.45) is 0. The second-order valence-corrected chi connectivity index (χ2v) is 1.32. The van der Waals surface area contributed by atoms with Gasteiger partial charge in [0.1, 0.15) is 0 Å². The molecule has 0 aromatic heterocycles. The van der Waals surface area contributed by atoms with Crippen molar-refractivity contribution in [3.8, 4) is 0 Å². The van der Waals surface area contributed by atoms with Crippen molar-refractivity contribution in [2.75, 3.05) is 13.2 Å². The number of hydrogen-bond donors (Lipinski definition) is 4. The number of nitrogens with zero attached hydrogens (tertiary/aromatic N) is 2. The van der Waals surface area contributed by atoms with Crippen LogP contribution in [0.1, 0.15) is 0 Å². The van der Waals surface area contributed by atoms with E-state index in [-0.39, 0.29) is 13.2 Å². The fourth-order valence-electron chi connectivity index (χ4n) is 0.0986. The maximum atomic E-state index is 9.66. The summed E-state index contributed by atoms with van der Waals surface area (Å²) in [4.78, 5) is 19.3. The lowest BCUT2D eigenvalue weighted by Crippen LogP contribution is -2.07. The van der Waals surface area contributed by atoms with Gasteiger partial charge in [0.15, 0.2) is 0 Å². The van der Waals surface area contributed by atoms with E-state index in [0.29, 0.717) is 0 Å². The van der Waals surface area contributed by atoms with Crippen LogP contribution in [0.25, 0.3) is 0 Å². The van der Waals surface area contributed by atoms with Crippen molar-refractivity contribution >= 4 is 12.1 Å². The molecule has 0 heterocycles. The lowest BCUT2D eigenvalue weighted by molar-refractivity contribution is 0.186. The van der Waals surface area contributed by atoms with Gasteiger partial charge in [-0.05, 0) is 0 Å². The smallest absolute Gasteiger partial charge is 0.357 e. The fourth-order valence-corrected chi connectivity index (χ4v) is 0.0986. The van der Waals surface area contributed by atoms with E-state index >= 15 is 0 Å². The second kappa shape index (κ2) is 9.46. The van der Waals surface area contributed by atoms with Gasteiger partial charge < -0.3 is 21.7 Å². The molecule has 0 atom stereocenters. The number of urea groups is 2. The molecule has 6 N–H and O–H groups in total. The molecule has 0 rings (SSSR count). The number of carbonyl (C=O) groups excluding carboxylic acids is 2. The summed E-state index contributed by atoms with van der Waals surface area (Å²) in [5.74, 6) is 0. The van der Waals surface area contributed by atoms with Crippen LogP contribution in [-0.4, -0.2) is 35.5 Å². The number of hydrogen-bond acceptors (Lipinski definition) is 4. The van der Waals surface area contributed by atoms with E-state index < -0.39 is 12.1 Å². The number of rotatable bonds is 1. The zero-order valence-electron chi connectivity index (χ0n) is 6.17. The molecule has 0 saturated heterocycles. The van der Waals surface area contributed by atoms with Gasteiger partial charge in [-0.25, -0.2) is 9.59 Å². The van der Waals surface area contributed by atoms with Crippen molar-refractivity contribution < 1.29 is 19.8 Å². The molecule has 0 aliphatic heterocycles. The van der Waals surface area contributed by atoms with Crippen LogP contribution in [0.3, 0.4) is 0 Å². The molecule has 0 aliphatic carbocycles. The van der Waals surface area contributed by atoms with Gasteiger partial charge in [0.05, 0.1) is 13.2 Å². The van der Waals surface area contributed by atoms with E-state index in [4.69, 9.17) is 10.2 Å². The third-order valence-corrected chi connectivity index (χ3v) is 0.347. The molecule has 0 aliphatic rings. The van der Waals surface area contributed by atoms with Crippen LogP contribution >= 0.6 is 0 Å². The summed E-state index contributed by atoms with van der Waals surface area (Å²) in [7, 11) is 0. The number of primary amides is 2. The van der Waals surface area contributed by atoms with Gasteiger partial charge in [-0.1, -0.05) is 10.2 Å². The van der Waals surface area contributed by atoms with Gasteiger partial charge in [-0.15, -0.1) is 0 Å². The molecular formula is C4H10N4O4. The number of azo groups is 1. The Morgan fingerprint density at radius 3 is 1.33 bits per heavy atom. The quantitative estimate of drug-likeness (QED) is 0.363.